The quantitative estimate of drug-likeness (QED) is 0.359. The lowest BCUT2D eigenvalue weighted by Gasteiger charge is -2.39. The predicted molar refractivity (Wildman–Crippen MR) is 144 cm³/mol. The second-order valence-corrected chi connectivity index (χ2v) is 8.94. The summed E-state index contributed by atoms with van der Waals surface area (Å²) in [4.78, 5) is 16.4. The van der Waals surface area contributed by atoms with Crippen molar-refractivity contribution in [2.45, 2.75) is 25.8 Å². The molecule has 0 radical (unpaired) electrons. The number of anilines is 1. The number of piperazine rings is 1. The van der Waals surface area contributed by atoms with Crippen LogP contribution in [0, 0.1) is 5.92 Å². The third kappa shape index (κ3) is 6.13. The third-order valence-electron chi connectivity index (χ3n) is 6.73. The Morgan fingerprint density at radius 1 is 1.06 bits per heavy atom. The highest BCUT2D eigenvalue weighted by molar-refractivity contribution is 14.0. The van der Waals surface area contributed by atoms with E-state index in [4.69, 9.17) is 4.98 Å². The molecular formula is C25H37IN6. The van der Waals surface area contributed by atoms with Gasteiger partial charge in [0.05, 0.1) is 0 Å². The number of rotatable bonds is 4. The Balaban J connectivity index is 0.00000289. The van der Waals surface area contributed by atoms with E-state index in [1.807, 2.05) is 13.2 Å². The molecule has 2 aromatic rings. The van der Waals surface area contributed by atoms with Crippen LogP contribution >= 0.6 is 24.0 Å². The average molecular weight is 549 g/mol. The molecule has 4 rings (SSSR count). The lowest BCUT2D eigenvalue weighted by atomic mass is 9.82. The summed E-state index contributed by atoms with van der Waals surface area (Å²) >= 11 is 0. The molecule has 0 amide bonds. The number of hydrogen-bond acceptors (Lipinski definition) is 4. The van der Waals surface area contributed by atoms with Crippen LogP contribution < -0.4 is 10.2 Å². The van der Waals surface area contributed by atoms with Gasteiger partial charge in [0.25, 0.3) is 0 Å². The minimum Gasteiger partial charge on any atom is -0.354 e. The van der Waals surface area contributed by atoms with E-state index in [2.05, 4.69) is 81.4 Å². The van der Waals surface area contributed by atoms with Crippen molar-refractivity contribution in [1.29, 1.82) is 0 Å². The first-order chi connectivity index (χ1) is 15.1. The van der Waals surface area contributed by atoms with E-state index in [1.54, 1.807) is 0 Å². The number of benzene rings is 1. The lowest BCUT2D eigenvalue weighted by molar-refractivity contribution is 0.234. The zero-order chi connectivity index (χ0) is 21.6. The molecule has 1 aromatic heterocycles. The van der Waals surface area contributed by atoms with Crippen LogP contribution in [0.15, 0.2) is 53.7 Å². The first-order valence-corrected chi connectivity index (χ1v) is 11.5. The number of aromatic nitrogens is 1. The number of aliphatic imine (C=N–C) groups is 1. The summed E-state index contributed by atoms with van der Waals surface area (Å²) in [5.74, 6) is 3.29. The standard InChI is InChI=1S/C25H36N6.HI/c1-20-19-31(12-11-23(20)22-7-5-4-6-8-22)25(26-2)28-18-21-9-10-24(27-17-21)30-15-13-29(3)14-16-30;/h4-10,17,20,23H,11-16,18-19H2,1-3H3,(H,26,28);1H. The summed E-state index contributed by atoms with van der Waals surface area (Å²) in [5.41, 5.74) is 2.65. The molecule has 0 aliphatic carbocycles. The Bertz CT molecular complexity index is 848. The lowest BCUT2D eigenvalue weighted by Crippen LogP contribution is -2.47. The predicted octanol–water partition coefficient (Wildman–Crippen LogP) is 3.65. The average Bonchev–Trinajstić information content (AvgIpc) is 2.81. The Hall–Kier alpha value is -1.87. The van der Waals surface area contributed by atoms with Crippen molar-refractivity contribution in [3.63, 3.8) is 0 Å². The molecule has 1 aromatic carbocycles. The van der Waals surface area contributed by atoms with Crippen LogP contribution in [0.25, 0.3) is 0 Å². The highest BCUT2D eigenvalue weighted by Gasteiger charge is 2.28. The van der Waals surface area contributed by atoms with E-state index >= 15 is 0 Å². The fourth-order valence-corrected chi connectivity index (χ4v) is 4.79. The number of hydrogen-bond donors (Lipinski definition) is 1. The second kappa shape index (κ2) is 11.8. The first-order valence-electron chi connectivity index (χ1n) is 11.5. The van der Waals surface area contributed by atoms with E-state index in [0.717, 1.165) is 64.0 Å². The fourth-order valence-electron chi connectivity index (χ4n) is 4.79. The van der Waals surface area contributed by atoms with Crippen molar-refractivity contribution in [3.8, 4) is 0 Å². The summed E-state index contributed by atoms with van der Waals surface area (Å²) in [6.07, 6.45) is 3.16. The third-order valence-corrected chi connectivity index (χ3v) is 6.73. The Kier molecular flexibility index (Phi) is 9.16. The van der Waals surface area contributed by atoms with Crippen molar-refractivity contribution in [2.75, 3.05) is 58.3 Å². The molecule has 0 saturated carbocycles. The van der Waals surface area contributed by atoms with Gasteiger partial charge in [-0.15, -0.1) is 24.0 Å². The molecule has 32 heavy (non-hydrogen) atoms. The van der Waals surface area contributed by atoms with Gasteiger partial charge in [0, 0.05) is 59.1 Å². The Morgan fingerprint density at radius 3 is 2.44 bits per heavy atom. The zero-order valence-electron chi connectivity index (χ0n) is 19.6. The van der Waals surface area contributed by atoms with Gasteiger partial charge in [-0.2, -0.15) is 0 Å². The molecular weight excluding hydrogens is 511 g/mol. The zero-order valence-corrected chi connectivity index (χ0v) is 21.9. The molecule has 3 heterocycles. The van der Waals surface area contributed by atoms with E-state index in [9.17, 15) is 0 Å². The van der Waals surface area contributed by atoms with Crippen LogP contribution in [0.4, 0.5) is 5.82 Å². The normalized spacial score (nSPS) is 22.4. The Labute approximate surface area is 210 Å². The molecule has 7 heteroatoms. The molecule has 6 nitrogen and oxygen atoms in total. The molecule has 2 unspecified atom stereocenters. The number of nitrogens with one attached hydrogen (secondary N) is 1. The SMILES string of the molecule is CN=C(NCc1ccc(N2CCN(C)CC2)nc1)N1CCC(c2ccccc2)C(C)C1.I. The molecule has 174 valence electrons. The number of nitrogens with zero attached hydrogens (tertiary/aromatic N) is 5. The molecule has 2 fully saturated rings. The number of halogens is 1. The summed E-state index contributed by atoms with van der Waals surface area (Å²) in [7, 11) is 4.06. The Morgan fingerprint density at radius 2 is 1.81 bits per heavy atom. The van der Waals surface area contributed by atoms with Gasteiger partial charge in [0.2, 0.25) is 0 Å². The molecule has 0 spiro atoms. The van der Waals surface area contributed by atoms with Crippen LogP contribution in [0.5, 0.6) is 0 Å². The van der Waals surface area contributed by atoms with Crippen molar-refractivity contribution in [1.82, 2.24) is 20.1 Å². The molecule has 2 saturated heterocycles. The van der Waals surface area contributed by atoms with Gasteiger partial charge in [-0.25, -0.2) is 4.98 Å². The second-order valence-electron chi connectivity index (χ2n) is 8.94. The minimum atomic E-state index is 0. The van der Waals surface area contributed by atoms with E-state index in [1.165, 1.54) is 11.1 Å². The maximum atomic E-state index is 4.71. The number of likely N-dealkylation sites (tertiary alicyclic amines) is 1. The van der Waals surface area contributed by atoms with Crippen LogP contribution in [0.2, 0.25) is 0 Å². The van der Waals surface area contributed by atoms with Gasteiger partial charge in [-0.3, -0.25) is 4.99 Å². The molecule has 1 N–H and O–H groups in total. The van der Waals surface area contributed by atoms with Gasteiger partial charge >= 0.3 is 0 Å². The molecule has 2 atom stereocenters. The fraction of sp³-hybridized carbons (Fsp3) is 0.520. The van der Waals surface area contributed by atoms with Crippen molar-refractivity contribution in [2.24, 2.45) is 10.9 Å². The van der Waals surface area contributed by atoms with Crippen LogP contribution in [0.3, 0.4) is 0 Å². The number of likely N-dealkylation sites (N-methyl/N-ethyl adjacent to an activating group) is 1. The number of guanidine groups is 1. The van der Waals surface area contributed by atoms with E-state index < -0.39 is 0 Å². The van der Waals surface area contributed by atoms with Gasteiger partial charge in [-0.1, -0.05) is 43.3 Å². The van der Waals surface area contributed by atoms with Gasteiger partial charge in [-0.05, 0) is 42.5 Å². The monoisotopic (exact) mass is 548 g/mol. The maximum Gasteiger partial charge on any atom is 0.193 e. The van der Waals surface area contributed by atoms with E-state index in [-0.39, 0.29) is 24.0 Å². The van der Waals surface area contributed by atoms with E-state index in [0.29, 0.717) is 11.8 Å². The van der Waals surface area contributed by atoms with Gasteiger partial charge in [0.15, 0.2) is 5.96 Å². The molecule has 0 bridgehead atoms. The summed E-state index contributed by atoms with van der Waals surface area (Å²) < 4.78 is 0. The highest BCUT2D eigenvalue weighted by Crippen LogP contribution is 2.32. The minimum absolute atomic E-state index is 0. The van der Waals surface area contributed by atoms with Crippen molar-refractivity contribution < 1.29 is 0 Å². The highest BCUT2D eigenvalue weighted by atomic mass is 127. The smallest absolute Gasteiger partial charge is 0.193 e. The molecule has 2 aliphatic heterocycles. The largest absolute Gasteiger partial charge is 0.354 e. The number of pyridine rings is 1. The summed E-state index contributed by atoms with van der Waals surface area (Å²) in [6, 6.07) is 15.3. The van der Waals surface area contributed by atoms with Crippen LogP contribution in [0.1, 0.15) is 30.4 Å². The van der Waals surface area contributed by atoms with Crippen LogP contribution in [-0.4, -0.2) is 74.1 Å². The van der Waals surface area contributed by atoms with Gasteiger partial charge < -0.3 is 20.0 Å². The summed E-state index contributed by atoms with van der Waals surface area (Å²) in [6.45, 7) is 9.45. The first kappa shape index (κ1) is 24.8. The van der Waals surface area contributed by atoms with Crippen LogP contribution in [-0.2, 0) is 6.54 Å². The van der Waals surface area contributed by atoms with Crippen molar-refractivity contribution in [3.05, 3.63) is 59.8 Å². The van der Waals surface area contributed by atoms with Crippen molar-refractivity contribution >= 4 is 35.8 Å². The number of piperidine rings is 1. The molecule has 2 aliphatic rings. The van der Waals surface area contributed by atoms with Gasteiger partial charge in [0.1, 0.15) is 5.82 Å². The topological polar surface area (TPSA) is 47.0 Å². The maximum absolute atomic E-state index is 4.71. The summed E-state index contributed by atoms with van der Waals surface area (Å²) in [5, 5.41) is 3.55.